The molecule has 2 amide bonds. The maximum Gasteiger partial charge on any atom is 0.315 e. The summed E-state index contributed by atoms with van der Waals surface area (Å²) >= 11 is 0. The van der Waals surface area contributed by atoms with Gasteiger partial charge in [0.25, 0.3) is 0 Å². The SMILES string of the molecule is C[C@H](NC(=O)NC[C@@H]1CCCO1)C(C)(C)C. The highest BCUT2D eigenvalue weighted by atomic mass is 16.5. The average Bonchev–Trinajstić information content (AvgIpc) is 2.65. The summed E-state index contributed by atoms with van der Waals surface area (Å²) in [6.45, 7) is 9.79. The van der Waals surface area contributed by atoms with Crippen molar-refractivity contribution in [2.75, 3.05) is 13.2 Å². The van der Waals surface area contributed by atoms with E-state index in [1.165, 1.54) is 0 Å². The number of amides is 2. The van der Waals surface area contributed by atoms with Crippen LogP contribution in [-0.4, -0.2) is 31.3 Å². The topological polar surface area (TPSA) is 50.4 Å². The maximum atomic E-state index is 11.6. The second kappa shape index (κ2) is 5.53. The summed E-state index contributed by atoms with van der Waals surface area (Å²) in [4.78, 5) is 11.6. The van der Waals surface area contributed by atoms with E-state index in [-0.39, 0.29) is 23.6 Å². The predicted molar refractivity (Wildman–Crippen MR) is 64.4 cm³/mol. The normalized spacial score (nSPS) is 22.9. The molecule has 1 aliphatic heterocycles. The van der Waals surface area contributed by atoms with E-state index in [0.717, 1.165) is 19.4 Å². The summed E-state index contributed by atoms with van der Waals surface area (Å²) in [5.74, 6) is 0. The quantitative estimate of drug-likeness (QED) is 0.775. The minimum absolute atomic E-state index is 0.0845. The Morgan fingerprint density at radius 1 is 1.50 bits per heavy atom. The third-order valence-corrected chi connectivity index (χ3v) is 3.16. The Balaban J connectivity index is 2.20. The fourth-order valence-corrected chi connectivity index (χ4v) is 1.48. The highest BCUT2D eigenvalue weighted by molar-refractivity contribution is 5.74. The van der Waals surface area contributed by atoms with Crippen LogP contribution < -0.4 is 10.6 Å². The standard InChI is InChI=1S/C12H24N2O2/c1-9(12(2,3)4)14-11(15)13-8-10-6-5-7-16-10/h9-10H,5-8H2,1-4H3,(H2,13,14,15)/t9-,10-/m0/s1. The van der Waals surface area contributed by atoms with Crippen LogP contribution in [0.15, 0.2) is 0 Å². The predicted octanol–water partition coefficient (Wildman–Crippen LogP) is 1.90. The van der Waals surface area contributed by atoms with Crippen LogP contribution in [0.3, 0.4) is 0 Å². The molecule has 0 aliphatic carbocycles. The van der Waals surface area contributed by atoms with Gasteiger partial charge < -0.3 is 15.4 Å². The molecule has 0 aromatic heterocycles. The average molecular weight is 228 g/mol. The first-order chi connectivity index (χ1) is 7.39. The molecule has 1 fully saturated rings. The minimum atomic E-state index is -0.0991. The summed E-state index contributed by atoms with van der Waals surface area (Å²) < 4.78 is 5.43. The van der Waals surface area contributed by atoms with Crippen molar-refractivity contribution in [1.82, 2.24) is 10.6 Å². The lowest BCUT2D eigenvalue weighted by atomic mass is 9.88. The van der Waals surface area contributed by atoms with Gasteiger partial charge in [-0.25, -0.2) is 4.79 Å². The largest absolute Gasteiger partial charge is 0.376 e. The second-order valence-electron chi connectivity index (χ2n) is 5.58. The molecule has 2 N–H and O–H groups in total. The van der Waals surface area contributed by atoms with E-state index in [1.807, 2.05) is 6.92 Å². The third kappa shape index (κ3) is 4.39. The van der Waals surface area contributed by atoms with Crippen LogP contribution in [0.5, 0.6) is 0 Å². The van der Waals surface area contributed by atoms with Crippen LogP contribution in [-0.2, 0) is 4.74 Å². The molecule has 0 radical (unpaired) electrons. The fourth-order valence-electron chi connectivity index (χ4n) is 1.48. The van der Waals surface area contributed by atoms with Crippen molar-refractivity contribution in [2.24, 2.45) is 5.41 Å². The molecule has 4 heteroatoms. The molecule has 2 atom stereocenters. The van der Waals surface area contributed by atoms with E-state index in [2.05, 4.69) is 31.4 Å². The molecule has 0 saturated carbocycles. The van der Waals surface area contributed by atoms with Gasteiger partial charge in [-0.3, -0.25) is 0 Å². The number of carbonyl (C=O) groups excluding carboxylic acids is 1. The molecule has 1 rings (SSSR count). The number of ether oxygens (including phenoxy) is 1. The summed E-state index contributed by atoms with van der Waals surface area (Å²) in [5.41, 5.74) is 0.0845. The Bertz CT molecular complexity index is 230. The minimum Gasteiger partial charge on any atom is -0.376 e. The summed E-state index contributed by atoms with van der Waals surface area (Å²) in [6.07, 6.45) is 2.36. The smallest absolute Gasteiger partial charge is 0.315 e. The van der Waals surface area contributed by atoms with Crippen molar-refractivity contribution in [3.8, 4) is 0 Å². The number of urea groups is 1. The fraction of sp³-hybridized carbons (Fsp3) is 0.917. The van der Waals surface area contributed by atoms with Gasteiger partial charge in [-0.05, 0) is 25.2 Å². The molecule has 1 heterocycles. The molecule has 4 nitrogen and oxygen atoms in total. The Morgan fingerprint density at radius 3 is 2.69 bits per heavy atom. The van der Waals surface area contributed by atoms with Gasteiger partial charge in [0, 0.05) is 19.2 Å². The Kier molecular flexibility index (Phi) is 4.59. The van der Waals surface area contributed by atoms with Gasteiger partial charge in [0.1, 0.15) is 0 Å². The summed E-state index contributed by atoms with van der Waals surface area (Å²) in [5, 5.41) is 5.79. The lowest BCUT2D eigenvalue weighted by Gasteiger charge is -2.28. The monoisotopic (exact) mass is 228 g/mol. The summed E-state index contributed by atoms with van der Waals surface area (Å²) in [7, 11) is 0. The maximum absolute atomic E-state index is 11.6. The number of hydrogen-bond acceptors (Lipinski definition) is 2. The number of rotatable bonds is 3. The lowest BCUT2D eigenvalue weighted by Crippen LogP contribution is -2.47. The molecule has 1 saturated heterocycles. The first-order valence-electron chi connectivity index (χ1n) is 6.05. The van der Waals surface area contributed by atoms with Gasteiger partial charge in [-0.1, -0.05) is 20.8 Å². The van der Waals surface area contributed by atoms with E-state index in [1.54, 1.807) is 0 Å². The molecular formula is C12H24N2O2. The van der Waals surface area contributed by atoms with Gasteiger partial charge in [0.05, 0.1) is 6.10 Å². The zero-order valence-corrected chi connectivity index (χ0v) is 10.8. The van der Waals surface area contributed by atoms with Gasteiger partial charge in [-0.2, -0.15) is 0 Å². The van der Waals surface area contributed by atoms with E-state index in [4.69, 9.17) is 4.74 Å². The van der Waals surface area contributed by atoms with Crippen molar-refractivity contribution >= 4 is 6.03 Å². The van der Waals surface area contributed by atoms with Crippen LogP contribution >= 0.6 is 0 Å². The summed E-state index contributed by atoms with van der Waals surface area (Å²) in [6, 6.07) is 0.0509. The van der Waals surface area contributed by atoms with Crippen LogP contribution in [0.2, 0.25) is 0 Å². The van der Waals surface area contributed by atoms with E-state index < -0.39 is 0 Å². The van der Waals surface area contributed by atoms with Gasteiger partial charge in [-0.15, -0.1) is 0 Å². The van der Waals surface area contributed by atoms with E-state index in [9.17, 15) is 4.79 Å². The Labute approximate surface area is 98.1 Å². The van der Waals surface area contributed by atoms with Crippen molar-refractivity contribution in [1.29, 1.82) is 0 Å². The van der Waals surface area contributed by atoms with Crippen molar-refractivity contribution in [3.05, 3.63) is 0 Å². The van der Waals surface area contributed by atoms with Gasteiger partial charge in [0.2, 0.25) is 0 Å². The number of hydrogen-bond donors (Lipinski definition) is 2. The van der Waals surface area contributed by atoms with Gasteiger partial charge >= 0.3 is 6.03 Å². The van der Waals surface area contributed by atoms with Crippen molar-refractivity contribution in [3.63, 3.8) is 0 Å². The zero-order chi connectivity index (χ0) is 12.2. The van der Waals surface area contributed by atoms with Crippen molar-refractivity contribution < 1.29 is 9.53 Å². The number of carbonyl (C=O) groups is 1. The first-order valence-corrected chi connectivity index (χ1v) is 6.05. The first kappa shape index (κ1) is 13.3. The molecule has 0 spiro atoms. The molecule has 1 aliphatic rings. The molecular weight excluding hydrogens is 204 g/mol. The highest BCUT2D eigenvalue weighted by Crippen LogP contribution is 2.18. The Hall–Kier alpha value is -0.770. The molecule has 16 heavy (non-hydrogen) atoms. The van der Waals surface area contributed by atoms with E-state index >= 15 is 0 Å². The van der Waals surface area contributed by atoms with Crippen LogP contribution in [0.25, 0.3) is 0 Å². The van der Waals surface area contributed by atoms with Crippen LogP contribution in [0.1, 0.15) is 40.5 Å². The molecule has 0 aromatic carbocycles. The second-order valence-corrected chi connectivity index (χ2v) is 5.58. The molecule has 0 bridgehead atoms. The number of nitrogens with one attached hydrogen (secondary N) is 2. The highest BCUT2D eigenvalue weighted by Gasteiger charge is 2.22. The lowest BCUT2D eigenvalue weighted by molar-refractivity contribution is 0.111. The van der Waals surface area contributed by atoms with Crippen molar-refractivity contribution in [2.45, 2.75) is 52.7 Å². The zero-order valence-electron chi connectivity index (χ0n) is 10.8. The van der Waals surface area contributed by atoms with Crippen LogP contribution in [0, 0.1) is 5.41 Å². The third-order valence-electron chi connectivity index (χ3n) is 3.16. The Morgan fingerprint density at radius 2 is 2.19 bits per heavy atom. The van der Waals surface area contributed by atoms with Gasteiger partial charge in [0.15, 0.2) is 0 Å². The molecule has 94 valence electrons. The van der Waals surface area contributed by atoms with E-state index in [0.29, 0.717) is 6.54 Å². The van der Waals surface area contributed by atoms with Crippen LogP contribution in [0.4, 0.5) is 4.79 Å². The molecule has 0 unspecified atom stereocenters. The molecule has 0 aromatic rings.